The molecule has 1 saturated heterocycles. The first-order valence-electron chi connectivity index (χ1n) is 8.88. The molecule has 0 spiro atoms. The number of carbonyl (C=O) groups is 2. The maximum Gasteiger partial charge on any atom is 0.310 e. The van der Waals surface area contributed by atoms with Gasteiger partial charge in [0.15, 0.2) is 0 Å². The molecule has 122 valence electrons. The highest BCUT2D eigenvalue weighted by Gasteiger charge is 2.55. The Morgan fingerprint density at radius 1 is 1.18 bits per heavy atom. The molecule has 5 aliphatic rings. The van der Waals surface area contributed by atoms with E-state index in [1.54, 1.807) is 0 Å². The second-order valence-corrected chi connectivity index (χ2v) is 8.43. The zero-order valence-corrected chi connectivity index (χ0v) is 13.7. The summed E-state index contributed by atoms with van der Waals surface area (Å²) in [7, 11) is 1.41. The predicted molar refractivity (Wildman–Crippen MR) is 81.9 cm³/mol. The predicted octanol–water partition coefficient (Wildman–Crippen LogP) is 2.61. The molecule has 0 unspecified atom stereocenters. The molecule has 0 N–H and O–H groups in total. The Morgan fingerprint density at radius 2 is 1.73 bits per heavy atom. The number of hydrogen-bond donors (Lipinski definition) is 0. The second-order valence-electron chi connectivity index (χ2n) is 8.43. The zero-order valence-electron chi connectivity index (χ0n) is 13.7. The summed E-state index contributed by atoms with van der Waals surface area (Å²) >= 11 is 0. The van der Waals surface area contributed by atoms with Gasteiger partial charge in [-0.15, -0.1) is 0 Å². The smallest absolute Gasteiger partial charge is 0.310 e. The molecule has 0 aromatic heterocycles. The van der Waals surface area contributed by atoms with Crippen molar-refractivity contribution in [3.8, 4) is 0 Å². The fraction of sp³-hybridized carbons (Fsp3) is 0.889. The molecule has 0 aromatic carbocycles. The summed E-state index contributed by atoms with van der Waals surface area (Å²) in [5.74, 6) is 2.34. The van der Waals surface area contributed by atoms with Crippen LogP contribution in [0.25, 0.3) is 0 Å². The molecule has 1 aliphatic heterocycles. The van der Waals surface area contributed by atoms with Crippen LogP contribution in [0.15, 0.2) is 0 Å². The van der Waals surface area contributed by atoms with Gasteiger partial charge in [-0.1, -0.05) is 0 Å². The Hall–Kier alpha value is -1.06. The molecule has 0 aromatic rings. The van der Waals surface area contributed by atoms with E-state index < -0.39 is 0 Å². The van der Waals surface area contributed by atoms with Crippen molar-refractivity contribution >= 4 is 11.9 Å². The summed E-state index contributed by atoms with van der Waals surface area (Å²) in [6.07, 6.45) is 8.50. The molecule has 5 fully saturated rings. The molecule has 2 atom stereocenters. The average Bonchev–Trinajstić information content (AvgIpc) is 2.86. The van der Waals surface area contributed by atoms with E-state index in [1.165, 1.54) is 45.6 Å². The van der Waals surface area contributed by atoms with Gasteiger partial charge in [0.1, 0.15) is 0 Å². The fourth-order valence-electron chi connectivity index (χ4n) is 6.45. The maximum absolute atomic E-state index is 12.5. The SMILES string of the molecule is COC(=O)[C@@H]1CC(=O)N([C@@H](C)C23CC4CC(CC(C4)C2)C3)C1. The first-order chi connectivity index (χ1) is 10.5. The monoisotopic (exact) mass is 305 g/mol. The van der Waals surface area contributed by atoms with Gasteiger partial charge in [-0.05, 0) is 68.6 Å². The molecule has 4 nitrogen and oxygen atoms in total. The number of hydrogen-bond acceptors (Lipinski definition) is 3. The minimum Gasteiger partial charge on any atom is -0.469 e. The summed E-state index contributed by atoms with van der Waals surface area (Å²) in [5, 5.41) is 0. The molecule has 0 radical (unpaired) electrons. The topological polar surface area (TPSA) is 46.6 Å². The van der Waals surface area contributed by atoms with Crippen LogP contribution in [0.4, 0.5) is 0 Å². The highest BCUT2D eigenvalue weighted by molar-refractivity contribution is 5.87. The second kappa shape index (κ2) is 4.97. The summed E-state index contributed by atoms with van der Waals surface area (Å²) in [4.78, 5) is 26.2. The fourth-order valence-corrected chi connectivity index (χ4v) is 6.45. The van der Waals surface area contributed by atoms with Gasteiger partial charge in [-0.3, -0.25) is 9.59 Å². The van der Waals surface area contributed by atoms with Gasteiger partial charge in [-0.25, -0.2) is 0 Å². The van der Waals surface area contributed by atoms with Gasteiger partial charge in [0.25, 0.3) is 0 Å². The molecule has 5 rings (SSSR count). The first-order valence-corrected chi connectivity index (χ1v) is 8.88. The summed E-state index contributed by atoms with van der Waals surface area (Å²) in [6, 6.07) is 0.281. The third-order valence-electron chi connectivity index (χ3n) is 7.13. The van der Waals surface area contributed by atoms with E-state index in [4.69, 9.17) is 4.74 Å². The molecule has 4 saturated carbocycles. The van der Waals surface area contributed by atoms with E-state index in [2.05, 4.69) is 6.92 Å². The van der Waals surface area contributed by atoms with Crippen molar-refractivity contribution < 1.29 is 14.3 Å². The lowest BCUT2D eigenvalue weighted by Crippen LogP contribution is -2.56. The van der Waals surface area contributed by atoms with Gasteiger partial charge in [-0.2, -0.15) is 0 Å². The Kier molecular flexibility index (Phi) is 3.28. The number of amides is 1. The standard InChI is InChI=1S/C18H27NO3/c1-11(19-10-15(6-16(19)20)17(21)22-2)18-7-12-3-13(8-18)5-14(4-12)9-18/h11-15H,3-10H2,1-2H3/t11-,12?,13?,14?,15+,18?/m0/s1. The number of carbonyl (C=O) groups excluding carboxylic acids is 2. The molecular formula is C18H27NO3. The van der Waals surface area contributed by atoms with Crippen LogP contribution in [0.5, 0.6) is 0 Å². The van der Waals surface area contributed by atoms with E-state index in [1.807, 2.05) is 4.90 Å². The Labute approximate surface area is 132 Å². The van der Waals surface area contributed by atoms with E-state index in [9.17, 15) is 9.59 Å². The van der Waals surface area contributed by atoms with Gasteiger partial charge in [0.2, 0.25) is 5.91 Å². The Balaban J connectivity index is 1.53. The molecule has 1 heterocycles. The first kappa shape index (κ1) is 14.5. The number of ether oxygens (including phenoxy) is 1. The lowest BCUT2D eigenvalue weighted by atomic mass is 9.47. The number of likely N-dealkylation sites (tertiary alicyclic amines) is 1. The molecule has 22 heavy (non-hydrogen) atoms. The van der Waals surface area contributed by atoms with E-state index in [0.29, 0.717) is 18.4 Å². The molecule has 4 heteroatoms. The number of esters is 1. The van der Waals surface area contributed by atoms with Crippen molar-refractivity contribution in [2.45, 2.75) is 57.9 Å². The van der Waals surface area contributed by atoms with Crippen LogP contribution in [0.2, 0.25) is 0 Å². The van der Waals surface area contributed by atoms with Crippen LogP contribution in [-0.2, 0) is 14.3 Å². The summed E-state index contributed by atoms with van der Waals surface area (Å²) in [6.45, 7) is 2.80. The van der Waals surface area contributed by atoms with Crippen LogP contribution in [0.3, 0.4) is 0 Å². The van der Waals surface area contributed by atoms with Crippen molar-refractivity contribution in [2.24, 2.45) is 29.1 Å². The number of methoxy groups -OCH3 is 1. The van der Waals surface area contributed by atoms with Crippen molar-refractivity contribution in [1.82, 2.24) is 4.90 Å². The Morgan fingerprint density at radius 3 is 2.23 bits per heavy atom. The van der Waals surface area contributed by atoms with Gasteiger partial charge in [0.05, 0.1) is 13.0 Å². The van der Waals surface area contributed by atoms with E-state index >= 15 is 0 Å². The highest BCUT2D eigenvalue weighted by atomic mass is 16.5. The van der Waals surface area contributed by atoms with Crippen LogP contribution in [0, 0.1) is 29.1 Å². The number of nitrogens with zero attached hydrogens (tertiary/aromatic N) is 1. The third-order valence-corrected chi connectivity index (χ3v) is 7.13. The molecule has 4 bridgehead atoms. The van der Waals surface area contributed by atoms with Gasteiger partial charge >= 0.3 is 5.97 Å². The van der Waals surface area contributed by atoms with E-state index in [0.717, 1.165) is 17.8 Å². The third kappa shape index (κ3) is 2.10. The highest BCUT2D eigenvalue weighted by Crippen LogP contribution is 2.62. The lowest BCUT2D eigenvalue weighted by Gasteiger charge is -2.60. The van der Waals surface area contributed by atoms with Crippen LogP contribution in [0.1, 0.15) is 51.9 Å². The van der Waals surface area contributed by atoms with E-state index in [-0.39, 0.29) is 23.8 Å². The molecule has 1 amide bonds. The Bertz CT molecular complexity index is 465. The van der Waals surface area contributed by atoms with Crippen molar-refractivity contribution in [3.05, 3.63) is 0 Å². The summed E-state index contributed by atoms with van der Waals surface area (Å²) < 4.78 is 4.84. The summed E-state index contributed by atoms with van der Waals surface area (Å²) in [5.41, 5.74) is 0.329. The van der Waals surface area contributed by atoms with Gasteiger partial charge < -0.3 is 9.64 Å². The quantitative estimate of drug-likeness (QED) is 0.753. The molecule has 4 aliphatic carbocycles. The zero-order chi connectivity index (χ0) is 15.5. The van der Waals surface area contributed by atoms with Crippen molar-refractivity contribution in [3.63, 3.8) is 0 Å². The van der Waals surface area contributed by atoms with Crippen molar-refractivity contribution in [2.75, 3.05) is 13.7 Å². The normalized spacial score (nSPS) is 44.5. The minimum absolute atomic E-state index is 0.152. The van der Waals surface area contributed by atoms with Crippen molar-refractivity contribution in [1.29, 1.82) is 0 Å². The lowest BCUT2D eigenvalue weighted by molar-refractivity contribution is -0.145. The average molecular weight is 305 g/mol. The van der Waals surface area contributed by atoms with Crippen LogP contribution >= 0.6 is 0 Å². The van der Waals surface area contributed by atoms with Crippen LogP contribution in [-0.4, -0.2) is 36.5 Å². The largest absolute Gasteiger partial charge is 0.469 e. The van der Waals surface area contributed by atoms with Crippen LogP contribution < -0.4 is 0 Å². The minimum atomic E-state index is -0.256. The van der Waals surface area contributed by atoms with Gasteiger partial charge in [0, 0.05) is 19.0 Å². The molecular weight excluding hydrogens is 278 g/mol. The number of rotatable bonds is 3. The maximum atomic E-state index is 12.5.